The predicted octanol–water partition coefficient (Wildman–Crippen LogP) is 3.37. The summed E-state index contributed by atoms with van der Waals surface area (Å²) < 4.78 is 0. The van der Waals surface area contributed by atoms with Crippen LogP contribution in [-0.2, 0) is 15.0 Å². The van der Waals surface area contributed by atoms with Gasteiger partial charge in [-0.25, -0.2) is 0 Å². The maximum Gasteiger partial charge on any atom is 0.230 e. The second-order valence-corrected chi connectivity index (χ2v) is 6.92. The molecule has 2 aliphatic carbocycles. The maximum atomic E-state index is 12.5. The Kier molecular flexibility index (Phi) is 4.69. The molecule has 2 saturated carbocycles. The Bertz CT molecular complexity index is 570. The van der Waals surface area contributed by atoms with E-state index in [1.807, 2.05) is 24.3 Å². The molecule has 1 aromatic rings. The lowest BCUT2D eigenvalue weighted by molar-refractivity contribution is -0.127. The summed E-state index contributed by atoms with van der Waals surface area (Å²) in [4.78, 5) is 24.5. The first-order chi connectivity index (χ1) is 11.2. The Morgan fingerprint density at radius 2 is 1.65 bits per heavy atom. The Labute approximate surface area is 138 Å². The SMILES string of the molecule is CNC(=O)C1(c2ccc(NC(=O)C3CCC3)cc2)CCCCC1. The van der Waals surface area contributed by atoms with Crippen molar-refractivity contribution in [2.75, 3.05) is 12.4 Å². The minimum Gasteiger partial charge on any atom is -0.358 e. The van der Waals surface area contributed by atoms with Crippen molar-refractivity contribution in [3.8, 4) is 0 Å². The van der Waals surface area contributed by atoms with Gasteiger partial charge in [0.2, 0.25) is 11.8 Å². The molecule has 0 saturated heterocycles. The lowest BCUT2D eigenvalue weighted by Gasteiger charge is -2.36. The summed E-state index contributed by atoms with van der Waals surface area (Å²) in [6.07, 6.45) is 8.36. The third kappa shape index (κ3) is 3.12. The van der Waals surface area contributed by atoms with E-state index in [9.17, 15) is 9.59 Å². The summed E-state index contributed by atoms with van der Waals surface area (Å²) in [5.41, 5.74) is 1.50. The van der Waals surface area contributed by atoms with E-state index in [-0.39, 0.29) is 17.7 Å². The zero-order valence-electron chi connectivity index (χ0n) is 13.9. The summed E-state index contributed by atoms with van der Waals surface area (Å²) in [6.45, 7) is 0. The van der Waals surface area contributed by atoms with Crippen molar-refractivity contribution in [1.82, 2.24) is 5.32 Å². The molecule has 2 N–H and O–H groups in total. The van der Waals surface area contributed by atoms with Gasteiger partial charge in [-0.15, -0.1) is 0 Å². The van der Waals surface area contributed by atoms with E-state index in [1.54, 1.807) is 7.05 Å². The molecule has 0 spiro atoms. The van der Waals surface area contributed by atoms with Gasteiger partial charge in [0, 0.05) is 18.7 Å². The van der Waals surface area contributed by atoms with E-state index in [4.69, 9.17) is 0 Å². The molecule has 0 radical (unpaired) electrons. The number of carbonyl (C=O) groups is 2. The number of hydrogen-bond donors (Lipinski definition) is 2. The second kappa shape index (κ2) is 6.73. The normalized spacial score (nSPS) is 20.4. The summed E-state index contributed by atoms with van der Waals surface area (Å²) in [5.74, 6) is 0.427. The van der Waals surface area contributed by atoms with Crippen LogP contribution >= 0.6 is 0 Å². The summed E-state index contributed by atoms with van der Waals surface area (Å²) in [6, 6.07) is 7.89. The third-order valence-electron chi connectivity index (χ3n) is 5.55. The zero-order valence-corrected chi connectivity index (χ0v) is 13.9. The van der Waals surface area contributed by atoms with Crippen LogP contribution in [0, 0.1) is 5.92 Å². The van der Waals surface area contributed by atoms with Gasteiger partial charge >= 0.3 is 0 Å². The van der Waals surface area contributed by atoms with Crippen molar-refractivity contribution in [2.45, 2.75) is 56.8 Å². The van der Waals surface area contributed by atoms with Gasteiger partial charge in [0.25, 0.3) is 0 Å². The first kappa shape index (κ1) is 16.0. The second-order valence-electron chi connectivity index (χ2n) is 6.92. The molecule has 2 aliphatic rings. The molecule has 1 aromatic carbocycles. The lowest BCUT2D eigenvalue weighted by Crippen LogP contribution is -2.44. The van der Waals surface area contributed by atoms with Crippen LogP contribution in [-0.4, -0.2) is 18.9 Å². The highest BCUT2D eigenvalue weighted by Crippen LogP contribution is 2.40. The zero-order chi connectivity index (χ0) is 16.3. The average Bonchev–Trinajstić information content (AvgIpc) is 2.53. The maximum absolute atomic E-state index is 12.5. The Balaban J connectivity index is 1.76. The van der Waals surface area contributed by atoms with Crippen LogP contribution in [0.25, 0.3) is 0 Å². The molecule has 4 nitrogen and oxygen atoms in total. The number of amides is 2. The first-order valence-corrected chi connectivity index (χ1v) is 8.79. The summed E-state index contributed by atoms with van der Waals surface area (Å²) in [5, 5.41) is 5.83. The fourth-order valence-corrected chi connectivity index (χ4v) is 3.83. The van der Waals surface area contributed by atoms with Crippen molar-refractivity contribution >= 4 is 17.5 Å². The fourth-order valence-electron chi connectivity index (χ4n) is 3.83. The van der Waals surface area contributed by atoms with Crippen LogP contribution in [0.5, 0.6) is 0 Å². The van der Waals surface area contributed by atoms with Crippen molar-refractivity contribution in [3.63, 3.8) is 0 Å². The van der Waals surface area contributed by atoms with Crippen LogP contribution in [0.2, 0.25) is 0 Å². The molecule has 23 heavy (non-hydrogen) atoms. The minimum absolute atomic E-state index is 0.114. The van der Waals surface area contributed by atoms with Crippen molar-refractivity contribution < 1.29 is 9.59 Å². The highest BCUT2D eigenvalue weighted by Gasteiger charge is 2.40. The van der Waals surface area contributed by atoms with Gasteiger partial charge in [0.05, 0.1) is 5.41 Å². The minimum atomic E-state index is -0.399. The topological polar surface area (TPSA) is 58.2 Å². The molecule has 2 fully saturated rings. The molecular weight excluding hydrogens is 288 g/mol. The number of carbonyl (C=O) groups excluding carboxylic acids is 2. The van der Waals surface area contributed by atoms with Gasteiger partial charge in [-0.2, -0.15) is 0 Å². The van der Waals surface area contributed by atoms with E-state index in [0.29, 0.717) is 0 Å². The van der Waals surface area contributed by atoms with Gasteiger partial charge < -0.3 is 10.6 Å². The molecular formula is C19H26N2O2. The van der Waals surface area contributed by atoms with Crippen LogP contribution in [0.1, 0.15) is 56.9 Å². The van der Waals surface area contributed by atoms with Crippen molar-refractivity contribution in [2.24, 2.45) is 5.92 Å². The molecule has 4 heteroatoms. The number of nitrogens with one attached hydrogen (secondary N) is 2. The van der Waals surface area contributed by atoms with E-state index in [0.717, 1.165) is 56.2 Å². The molecule has 0 bridgehead atoms. The molecule has 0 atom stereocenters. The van der Waals surface area contributed by atoms with Gasteiger partial charge in [0.15, 0.2) is 0 Å². The molecule has 0 aromatic heterocycles. The van der Waals surface area contributed by atoms with Crippen LogP contribution in [0.4, 0.5) is 5.69 Å². The third-order valence-corrected chi connectivity index (χ3v) is 5.55. The average molecular weight is 314 g/mol. The highest BCUT2D eigenvalue weighted by atomic mass is 16.2. The predicted molar refractivity (Wildman–Crippen MR) is 91.2 cm³/mol. The molecule has 0 heterocycles. The monoisotopic (exact) mass is 314 g/mol. The molecule has 124 valence electrons. The van der Waals surface area contributed by atoms with E-state index in [2.05, 4.69) is 10.6 Å². The number of rotatable bonds is 4. The lowest BCUT2D eigenvalue weighted by atomic mass is 9.68. The van der Waals surface area contributed by atoms with E-state index in [1.165, 1.54) is 6.42 Å². The van der Waals surface area contributed by atoms with E-state index < -0.39 is 5.41 Å². The first-order valence-electron chi connectivity index (χ1n) is 8.79. The van der Waals surface area contributed by atoms with Gasteiger partial charge in [0.1, 0.15) is 0 Å². The van der Waals surface area contributed by atoms with Gasteiger partial charge in [-0.3, -0.25) is 9.59 Å². The van der Waals surface area contributed by atoms with Crippen LogP contribution in [0.3, 0.4) is 0 Å². The fraction of sp³-hybridized carbons (Fsp3) is 0.579. The number of benzene rings is 1. The number of hydrogen-bond acceptors (Lipinski definition) is 2. The number of anilines is 1. The van der Waals surface area contributed by atoms with E-state index >= 15 is 0 Å². The van der Waals surface area contributed by atoms with Gasteiger partial charge in [-0.05, 0) is 43.4 Å². The Morgan fingerprint density at radius 1 is 1.00 bits per heavy atom. The number of likely N-dealkylation sites (N-methyl/N-ethyl adjacent to an activating group) is 1. The molecule has 2 amide bonds. The molecule has 0 unspecified atom stereocenters. The smallest absolute Gasteiger partial charge is 0.230 e. The van der Waals surface area contributed by atoms with Crippen molar-refractivity contribution in [1.29, 1.82) is 0 Å². The largest absolute Gasteiger partial charge is 0.358 e. The summed E-state index contributed by atoms with van der Waals surface area (Å²) >= 11 is 0. The van der Waals surface area contributed by atoms with Crippen molar-refractivity contribution in [3.05, 3.63) is 29.8 Å². The van der Waals surface area contributed by atoms with Gasteiger partial charge in [-0.1, -0.05) is 37.8 Å². The molecule has 0 aliphatic heterocycles. The standard InChI is InChI=1S/C19H26N2O2/c1-20-18(23)19(12-3-2-4-13-19)15-8-10-16(11-9-15)21-17(22)14-6-5-7-14/h8-11,14H,2-7,12-13H2,1H3,(H,20,23)(H,21,22). The van der Waals surface area contributed by atoms with Crippen LogP contribution < -0.4 is 10.6 Å². The summed E-state index contributed by atoms with van der Waals surface area (Å²) in [7, 11) is 1.71. The molecule has 3 rings (SSSR count). The Morgan fingerprint density at radius 3 is 2.17 bits per heavy atom. The highest BCUT2D eigenvalue weighted by molar-refractivity contribution is 5.93. The van der Waals surface area contributed by atoms with Crippen LogP contribution in [0.15, 0.2) is 24.3 Å². The quantitative estimate of drug-likeness (QED) is 0.895. The Hall–Kier alpha value is -1.84.